The average molecular weight is 396 g/mol. The fraction of sp³-hybridized carbons (Fsp3) is 0.364. The summed E-state index contributed by atoms with van der Waals surface area (Å²) < 4.78 is 2.20. The van der Waals surface area contributed by atoms with E-state index in [0.717, 1.165) is 44.3 Å². The van der Waals surface area contributed by atoms with Gasteiger partial charge in [-0.3, -0.25) is 4.99 Å². The Hall–Kier alpha value is -2.60. The molecule has 6 heteroatoms. The summed E-state index contributed by atoms with van der Waals surface area (Å²) in [5.74, 6) is 2.49. The highest BCUT2D eigenvalue weighted by Gasteiger charge is 2.07. The molecule has 1 unspecified atom stereocenters. The molecular weight excluding hydrogens is 366 g/mol. The Morgan fingerprint density at radius 2 is 2.04 bits per heavy atom. The Balaban J connectivity index is 1.42. The zero-order chi connectivity index (χ0) is 19.6. The predicted molar refractivity (Wildman–Crippen MR) is 118 cm³/mol. The van der Waals surface area contributed by atoms with Crippen molar-refractivity contribution in [2.45, 2.75) is 26.3 Å². The maximum absolute atomic E-state index is 4.51. The highest BCUT2D eigenvalue weighted by Crippen LogP contribution is 2.13. The molecule has 0 spiro atoms. The van der Waals surface area contributed by atoms with Crippen molar-refractivity contribution >= 4 is 17.3 Å². The summed E-state index contributed by atoms with van der Waals surface area (Å²) in [5, 5.41) is 8.97. The number of hydrogen-bond donors (Lipinski definition) is 2. The normalized spacial score (nSPS) is 12.7. The average Bonchev–Trinajstić information content (AvgIpc) is 3.37. The molecule has 28 heavy (non-hydrogen) atoms. The number of guanidine groups is 1. The quantitative estimate of drug-likeness (QED) is 0.430. The Bertz CT molecular complexity index is 839. The second-order valence-corrected chi connectivity index (χ2v) is 8.01. The van der Waals surface area contributed by atoms with E-state index in [-0.39, 0.29) is 0 Å². The lowest BCUT2D eigenvalue weighted by atomic mass is 10.1. The van der Waals surface area contributed by atoms with Crippen LogP contribution in [0.4, 0.5) is 0 Å². The first-order chi connectivity index (χ1) is 13.7. The minimum Gasteiger partial charge on any atom is -0.356 e. The Kier molecular flexibility index (Phi) is 7.67. The highest BCUT2D eigenvalue weighted by molar-refractivity contribution is 7.09. The van der Waals surface area contributed by atoms with E-state index in [2.05, 4.69) is 73.9 Å². The van der Waals surface area contributed by atoms with Crippen LogP contribution in [0, 0.1) is 5.92 Å². The number of aromatic nitrogens is 2. The van der Waals surface area contributed by atoms with Crippen molar-refractivity contribution in [2.24, 2.45) is 10.9 Å². The molecule has 2 heterocycles. The lowest BCUT2D eigenvalue weighted by Gasteiger charge is -2.16. The molecular formula is C22H29N5S. The van der Waals surface area contributed by atoms with Crippen LogP contribution in [0.5, 0.6) is 0 Å². The van der Waals surface area contributed by atoms with Gasteiger partial charge in [-0.2, -0.15) is 0 Å². The van der Waals surface area contributed by atoms with E-state index in [9.17, 15) is 0 Å². The third-order valence-corrected chi connectivity index (χ3v) is 5.51. The third kappa shape index (κ3) is 6.23. The second-order valence-electron chi connectivity index (χ2n) is 6.98. The van der Waals surface area contributed by atoms with Gasteiger partial charge in [0, 0.05) is 50.4 Å². The molecule has 3 rings (SSSR count). The summed E-state index contributed by atoms with van der Waals surface area (Å²) in [5.41, 5.74) is 1.28. The van der Waals surface area contributed by atoms with Crippen molar-refractivity contribution in [3.8, 4) is 0 Å². The van der Waals surface area contributed by atoms with Crippen molar-refractivity contribution in [1.29, 1.82) is 0 Å². The van der Waals surface area contributed by atoms with Crippen molar-refractivity contribution < 1.29 is 0 Å². The topological polar surface area (TPSA) is 54.2 Å². The van der Waals surface area contributed by atoms with Gasteiger partial charge in [0.2, 0.25) is 0 Å². The van der Waals surface area contributed by atoms with Crippen molar-refractivity contribution in [1.82, 2.24) is 20.2 Å². The minimum atomic E-state index is 0.557. The maximum atomic E-state index is 4.51. The van der Waals surface area contributed by atoms with E-state index >= 15 is 0 Å². The van der Waals surface area contributed by atoms with E-state index < -0.39 is 0 Å². The van der Waals surface area contributed by atoms with E-state index in [1.165, 1.54) is 10.4 Å². The fourth-order valence-electron chi connectivity index (χ4n) is 3.12. The van der Waals surface area contributed by atoms with Gasteiger partial charge in [0.25, 0.3) is 0 Å². The van der Waals surface area contributed by atoms with Gasteiger partial charge in [-0.15, -0.1) is 11.3 Å². The molecule has 0 fully saturated rings. The van der Waals surface area contributed by atoms with Crippen LogP contribution in [0.25, 0.3) is 0 Å². The zero-order valence-electron chi connectivity index (χ0n) is 16.6. The smallest absolute Gasteiger partial charge is 0.190 e. The van der Waals surface area contributed by atoms with E-state index in [4.69, 9.17) is 0 Å². The van der Waals surface area contributed by atoms with Crippen LogP contribution in [0.15, 0.2) is 65.2 Å². The van der Waals surface area contributed by atoms with E-state index in [1.807, 2.05) is 36.8 Å². The monoisotopic (exact) mass is 395 g/mol. The molecule has 2 N–H and O–H groups in total. The molecule has 0 aliphatic rings. The molecule has 0 radical (unpaired) electrons. The summed E-state index contributed by atoms with van der Waals surface area (Å²) in [7, 11) is 1.82. The van der Waals surface area contributed by atoms with Gasteiger partial charge in [0.15, 0.2) is 5.96 Å². The predicted octanol–water partition coefficient (Wildman–Crippen LogP) is 3.58. The number of imidazole rings is 1. The Morgan fingerprint density at radius 1 is 1.18 bits per heavy atom. The third-order valence-electron chi connectivity index (χ3n) is 4.61. The van der Waals surface area contributed by atoms with Gasteiger partial charge in [0.1, 0.15) is 5.82 Å². The number of nitrogens with zero attached hydrogens (tertiary/aromatic N) is 3. The van der Waals surface area contributed by atoms with Crippen LogP contribution in [0.2, 0.25) is 0 Å². The molecule has 0 amide bonds. The first kappa shape index (κ1) is 20.1. The van der Waals surface area contributed by atoms with Crippen LogP contribution in [-0.2, 0) is 19.4 Å². The Morgan fingerprint density at radius 3 is 2.79 bits per heavy atom. The number of rotatable bonds is 9. The first-order valence-electron chi connectivity index (χ1n) is 9.75. The molecule has 0 aliphatic heterocycles. The molecule has 0 aliphatic carbocycles. The molecule has 0 saturated carbocycles. The van der Waals surface area contributed by atoms with E-state index in [0.29, 0.717) is 5.92 Å². The number of thiophene rings is 1. The molecule has 148 valence electrons. The Labute approximate surface area is 171 Å². The number of nitrogens with one attached hydrogen (secondary N) is 2. The molecule has 2 aromatic heterocycles. The zero-order valence-corrected chi connectivity index (χ0v) is 17.5. The number of aliphatic imine (C=N–C) groups is 1. The van der Waals surface area contributed by atoms with Gasteiger partial charge < -0.3 is 15.2 Å². The molecule has 0 bridgehead atoms. The molecule has 1 atom stereocenters. The second kappa shape index (κ2) is 10.7. The summed E-state index contributed by atoms with van der Waals surface area (Å²) in [6.07, 6.45) is 5.86. The van der Waals surface area contributed by atoms with Gasteiger partial charge >= 0.3 is 0 Å². The van der Waals surface area contributed by atoms with Crippen LogP contribution in [-0.4, -0.2) is 35.6 Å². The van der Waals surface area contributed by atoms with Crippen molar-refractivity contribution in [2.75, 3.05) is 20.1 Å². The van der Waals surface area contributed by atoms with Crippen LogP contribution < -0.4 is 10.6 Å². The lowest BCUT2D eigenvalue weighted by Crippen LogP contribution is -2.40. The fourth-order valence-corrected chi connectivity index (χ4v) is 3.99. The number of hydrogen-bond acceptors (Lipinski definition) is 3. The summed E-state index contributed by atoms with van der Waals surface area (Å²) in [6, 6.07) is 14.8. The SMILES string of the molecule is CN=C(NCCc1nccn1Cc1ccccc1)NCC(C)Cc1cccs1. The maximum Gasteiger partial charge on any atom is 0.190 e. The summed E-state index contributed by atoms with van der Waals surface area (Å²) in [6.45, 7) is 4.81. The lowest BCUT2D eigenvalue weighted by molar-refractivity contribution is 0.561. The van der Waals surface area contributed by atoms with Gasteiger partial charge in [-0.05, 0) is 29.3 Å². The molecule has 1 aromatic carbocycles. The van der Waals surface area contributed by atoms with Crippen LogP contribution in [0.1, 0.15) is 23.2 Å². The highest BCUT2D eigenvalue weighted by atomic mass is 32.1. The standard InChI is InChI=1S/C22H29N5S/c1-18(15-20-9-6-14-28-20)16-26-22(23-2)25-11-10-21-24-12-13-27(21)17-19-7-4-3-5-8-19/h3-9,12-14,18H,10-11,15-17H2,1-2H3,(H2,23,25,26). The first-order valence-corrected chi connectivity index (χ1v) is 10.6. The van der Waals surface area contributed by atoms with Gasteiger partial charge in [-0.1, -0.05) is 43.3 Å². The summed E-state index contributed by atoms with van der Waals surface area (Å²) in [4.78, 5) is 10.3. The minimum absolute atomic E-state index is 0.557. The van der Waals surface area contributed by atoms with Crippen LogP contribution in [0.3, 0.4) is 0 Å². The van der Waals surface area contributed by atoms with Crippen molar-refractivity contribution in [3.05, 3.63) is 76.5 Å². The number of benzene rings is 1. The largest absolute Gasteiger partial charge is 0.356 e. The van der Waals surface area contributed by atoms with Crippen LogP contribution >= 0.6 is 11.3 Å². The molecule has 3 aromatic rings. The summed E-state index contributed by atoms with van der Waals surface area (Å²) >= 11 is 1.82. The van der Waals surface area contributed by atoms with Gasteiger partial charge in [0.05, 0.1) is 0 Å². The van der Waals surface area contributed by atoms with Gasteiger partial charge in [-0.25, -0.2) is 4.98 Å². The molecule has 5 nitrogen and oxygen atoms in total. The molecule has 0 saturated heterocycles. The van der Waals surface area contributed by atoms with Crippen molar-refractivity contribution in [3.63, 3.8) is 0 Å². The van der Waals surface area contributed by atoms with E-state index in [1.54, 1.807) is 0 Å².